The van der Waals surface area contributed by atoms with Crippen LogP contribution in [0.15, 0.2) is 35.0 Å². The zero-order valence-corrected chi connectivity index (χ0v) is 15.7. The lowest BCUT2D eigenvalue weighted by Gasteiger charge is -2.14. The van der Waals surface area contributed by atoms with E-state index in [1.54, 1.807) is 12.3 Å². The number of aromatic nitrogens is 2. The highest BCUT2D eigenvalue weighted by Crippen LogP contribution is 2.30. The molecule has 1 saturated heterocycles. The quantitative estimate of drug-likeness (QED) is 0.667. The van der Waals surface area contributed by atoms with E-state index in [1.165, 1.54) is 4.90 Å². The number of nitrogens with zero attached hydrogens (tertiary/aromatic N) is 3. The van der Waals surface area contributed by atoms with E-state index in [4.69, 9.17) is 9.26 Å². The lowest BCUT2D eigenvalue weighted by molar-refractivity contribution is 0.132. The van der Waals surface area contributed by atoms with Crippen LogP contribution in [0.5, 0.6) is 0 Å². The summed E-state index contributed by atoms with van der Waals surface area (Å²) in [6, 6.07) is 7.64. The SMILES string of the molecule is Cc1noc(C)c1-c1ccc2cnc(NC(=O)OC(=O)N3CCCC3)cc2c1. The first-order chi connectivity index (χ1) is 13.5. The maximum Gasteiger partial charge on any atom is 0.421 e. The molecule has 0 aliphatic carbocycles. The van der Waals surface area contributed by atoms with Crippen LogP contribution in [0.3, 0.4) is 0 Å². The number of likely N-dealkylation sites (tertiary alicyclic amines) is 1. The van der Waals surface area contributed by atoms with Crippen LogP contribution in [-0.4, -0.2) is 40.3 Å². The number of hydrogen-bond donors (Lipinski definition) is 1. The van der Waals surface area contributed by atoms with Crippen molar-refractivity contribution in [2.24, 2.45) is 0 Å². The predicted octanol–water partition coefficient (Wildman–Crippen LogP) is 4.27. The second-order valence-electron chi connectivity index (χ2n) is 6.81. The maximum atomic E-state index is 12.0. The molecular formula is C20H20N4O4. The van der Waals surface area contributed by atoms with Gasteiger partial charge in [-0.05, 0) is 49.8 Å². The fraction of sp³-hybridized carbons (Fsp3) is 0.300. The van der Waals surface area contributed by atoms with Gasteiger partial charge in [-0.25, -0.2) is 14.6 Å². The minimum Gasteiger partial charge on any atom is -0.361 e. The van der Waals surface area contributed by atoms with Crippen LogP contribution in [0, 0.1) is 13.8 Å². The van der Waals surface area contributed by atoms with Crippen LogP contribution in [0.1, 0.15) is 24.3 Å². The molecule has 1 aromatic carbocycles. The van der Waals surface area contributed by atoms with Crippen molar-refractivity contribution < 1.29 is 18.8 Å². The van der Waals surface area contributed by atoms with Gasteiger partial charge in [0.2, 0.25) is 0 Å². The van der Waals surface area contributed by atoms with Crippen LogP contribution in [0.4, 0.5) is 15.4 Å². The van der Waals surface area contributed by atoms with Crippen molar-refractivity contribution in [2.75, 3.05) is 18.4 Å². The van der Waals surface area contributed by atoms with E-state index in [0.717, 1.165) is 46.2 Å². The number of carbonyl (C=O) groups is 2. The molecule has 0 atom stereocenters. The molecule has 1 aliphatic heterocycles. The monoisotopic (exact) mass is 380 g/mol. The van der Waals surface area contributed by atoms with Crippen molar-refractivity contribution in [2.45, 2.75) is 26.7 Å². The number of nitrogens with one attached hydrogen (secondary N) is 1. The summed E-state index contributed by atoms with van der Waals surface area (Å²) in [7, 11) is 0. The van der Waals surface area contributed by atoms with Gasteiger partial charge in [-0.1, -0.05) is 17.3 Å². The highest BCUT2D eigenvalue weighted by molar-refractivity contribution is 5.94. The van der Waals surface area contributed by atoms with E-state index in [-0.39, 0.29) is 0 Å². The summed E-state index contributed by atoms with van der Waals surface area (Å²) in [5.41, 5.74) is 2.73. The van der Waals surface area contributed by atoms with Crippen molar-refractivity contribution in [1.82, 2.24) is 15.0 Å². The number of pyridine rings is 1. The van der Waals surface area contributed by atoms with Gasteiger partial charge in [-0.2, -0.15) is 0 Å². The Balaban J connectivity index is 1.53. The van der Waals surface area contributed by atoms with Crippen LogP contribution >= 0.6 is 0 Å². The molecule has 0 saturated carbocycles. The molecule has 2 amide bonds. The van der Waals surface area contributed by atoms with Crippen molar-refractivity contribution in [1.29, 1.82) is 0 Å². The molecule has 0 unspecified atom stereocenters. The molecule has 0 radical (unpaired) electrons. The lowest BCUT2D eigenvalue weighted by atomic mass is 10.0. The number of aryl methyl sites for hydroxylation is 2. The molecule has 3 aromatic rings. The third-order valence-corrected chi connectivity index (χ3v) is 4.82. The highest BCUT2D eigenvalue weighted by atomic mass is 16.6. The Labute approximate surface area is 161 Å². The van der Waals surface area contributed by atoms with Crippen LogP contribution in [0.25, 0.3) is 21.9 Å². The van der Waals surface area contributed by atoms with Gasteiger partial charge in [0.25, 0.3) is 0 Å². The molecule has 1 N–H and O–H groups in total. The van der Waals surface area contributed by atoms with E-state index >= 15 is 0 Å². The smallest absolute Gasteiger partial charge is 0.361 e. The third kappa shape index (κ3) is 3.53. The molecule has 0 spiro atoms. The van der Waals surface area contributed by atoms with Crippen molar-refractivity contribution in [3.05, 3.63) is 41.9 Å². The summed E-state index contributed by atoms with van der Waals surface area (Å²) < 4.78 is 10.1. The van der Waals surface area contributed by atoms with Crippen molar-refractivity contribution >= 4 is 28.8 Å². The first-order valence-corrected chi connectivity index (χ1v) is 9.12. The molecule has 28 heavy (non-hydrogen) atoms. The Morgan fingerprint density at radius 3 is 2.64 bits per heavy atom. The summed E-state index contributed by atoms with van der Waals surface area (Å²) in [5.74, 6) is 1.05. The largest absolute Gasteiger partial charge is 0.421 e. The molecule has 8 heteroatoms. The van der Waals surface area contributed by atoms with Gasteiger partial charge in [0.1, 0.15) is 11.6 Å². The van der Waals surface area contributed by atoms with Gasteiger partial charge in [0, 0.05) is 30.2 Å². The standard InChI is InChI=1S/C20H20N4O4/c1-12-18(13(2)28-23-12)14-5-6-15-11-21-17(10-16(15)9-14)22-19(25)27-20(26)24-7-3-4-8-24/h5-6,9-11H,3-4,7-8H2,1-2H3,(H,21,22,25). The fourth-order valence-corrected chi connectivity index (χ4v) is 3.43. The van der Waals surface area contributed by atoms with Gasteiger partial charge in [0.05, 0.1) is 5.69 Å². The Morgan fingerprint density at radius 2 is 1.93 bits per heavy atom. The fourth-order valence-electron chi connectivity index (χ4n) is 3.43. The Bertz CT molecular complexity index is 1030. The van der Waals surface area contributed by atoms with Gasteiger partial charge in [-0.3, -0.25) is 5.32 Å². The van der Waals surface area contributed by atoms with Crippen LogP contribution in [0.2, 0.25) is 0 Å². The van der Waals surface area contributed by atoms with E-state index in [0.29, 0.717) is 18.9 Å². The van der Waals surface area contributed by atoms with E-state index in [2.05, 4.69) is 15.5 Å². The molecule has 2 aromatic heterocycles. The number of rotatable bonds is 2. The zero-order valence-electron chi connectivity index (χ0n) is 15.7. The van der Waals surface area contributed by atoms with E-state index < -0.39 is 12.2 Å². The average Bonchev–Trinajstić information content (AvgIpc) is 3.31. The maximum absolute atomic E-state index is 12.0. The summed E-state index contributed by atoms with van der Waals surface area (Å²) in [6.07, 6.45) is 2.04. The van der Waals surface area contributed by atoms with Gasteiger partial charge in [0.15, 0.2) is 0 Å². The van der Waals surface area contributed by atoms with Crippen molar-refractivity contribution in [3.8, 4) is 11.1 Å². The lowest BCUT2D eigenvalue weighted by Crippen LogP contribution is -2.31. The Kier molecular flexibility index (Phi) is 4.68. The summed E-state index contributed by atoms with van der Waals surface area (Å²) >= 11 is 0. The van der Waals surface area contributed by atoms with Gasteiger partial charge in [-0.15, -0.1) is 0 Å². The topological polar surface area (TPSA) is 97.6 Å². The van der Waals surface area contributed by atoms with E-state index in [1.807, 2.05) is 32.0 Å². The highest BCUT2D eigenvalue weighted by Gasteiger charge is 2.22. The van der Waals surface area contributed by atoms with E-state index in [9.17, 15) is 9.59 Å². The number of fused-ring (bicyclic) bond motifs is 1. The number of anilines is 1. The number of carbonyl (C=O) groups excluding carboxylic acids is 2. The number of hydrogen-bond acceptors (Lipinski definition) is 6. The average molecular weight is 380 g/mol. The molecule has 8 nitrogen and oxygen atoms in total. The molecular weight excluding hydrogens is 360 g/mol. The van der Waals surface area contributed by atoms with Crippen molar-refractivity contribution in [3.63, 3.8) is 0 Å². The minimum atomic E-state index is -0.842. The number of ether oxygens (including phenoxy) is 1. The first kappa shape index (κ1) is 18.0. The molecule has 1 aliphatic rings. The van der Waals surface area contributed by atoms with Crippen LogP contribution in [-0.2, 0) is 4.74 Å². The van der Waals surface area contributed by atoms with Gasteiger partial charge < -0.3 is 14.2 Å². The number of amides is 2. The normalized spacial score (nSPS) is 13.7. The zero-order chi connectivity index (χ0) is 19.7. The number of benzene rings is 1. The molecule has 144 valence electrons. The predicted molar refractivity (Wildman–Crippen MR) is 103 cm³/mol. The molecule has 1 fully saturated rings. The molecule has 3 heterocycles. The van der Waals surface area contributed by atoms with Crippen LogP contribution < -0.4 is 5.32 Å². The summed E-state index contributed by atoms with van der Waals surface area (Å²) in [5, 5.41) is 8.31. The molecule has 4 rings (SSSR count). The summed E-state index contributed by atoms with van der Waals surface area (Å²) in [6.45, 7) is 4.99. The second kappa shape index (κ2) is 7.30. The third-order valence-electron chi connectivity index (χ3n) is 4.82. The second-order valence-corrected chi connectivity index (χ2v) is 6.81. The van der Waals surface area contributed by atoms with Gasteiger partial charge >= 0.3 is 12.2 Å². The Morgan fingerprint density at radius 1 is 1.14 bits per heavy atom. The minimum absolute atomic E-state index is 0.308. The summed E-state index contributed by atoms with van der Waals surface area (Å²) in [4.78, 5) is 29.7. The Hall–Kier alpha value is -3.42. The molecule has 0 bridgehead atoms. The first-order valence-electron chi connectivity index (χ1n) is 9.12.